The largest absolute Gasteiger partial charge is 0.494 e. The zero-order valence-corrected chi connectivity index (χ0v) is 16.8. The number of ether oxygens (including phenoxy) is 1. The number of halogens is 1. The van der Waals surface area contributed by atoms with E-state index in [1.165, 1.54) is 13.2 Å². The first-order chi connectivity index (χ1) is 14.0. The number of aromatic nitrogens is 3. The third-order valence-electron chi connectivity index (χ3n) is 4.19. The predicted octanol–water partition coefficient (Wildman–Crippen LogP) is 3.79. The highest BCUT2D eigenvalue weighted by atomic mass is 19.1. The van der Waals surface area contributed by atoms with Crippen molar-refractivity contribution in [2.75, 3.05) is 44.9 Å². The molecule has 0 fully saturated rings. The van der Waals surface area contributed by atoms with E-state index in [0.717, 1.165) is 30.8 Å². The minimum atomic E-state index is -0.442. The van der Waals surface area contributed by atoms with Crippen LogP contribution in [0.25, 0.3) is 11.3 Å². The average molecular weight is 396 g/mol. The molecule has 0 bridgehead atoms. The molecule has 3 aromatic rings. The molecule has 29 heavy (non-hydrogen) atoms. The van der Waals surface area contributed by atoms with Gasteiger partial charge < -0.3 is 20.3 Å². The molecule has 0 amide bonds. The highest BCUT2D eigenvalue weighted by Crippen LogP contribution is 2.26. The average Bonchev–Trinajstić information content (AvgIpc) is 2.72. The molecule has 0 aliphatic rings. The van der Waals surface area contributed by atoms with Gasteiger partial charge in [0.05, 0.1) is 12.8 Å². The fraction of sp³-hybridized carbons (Fsp3) is 0.286. The fourth-order valence-corrected chi connectivity index (χ4v) is 2.75. The number of nitrogens with one attached hydrogen (secondary N) is 2. The van der Waals surface area contributed by atoms with Gasteiger partial charge in [-0.3, -0.25) is 4.98 Å². The van der Waals surface area contributed by atoms with Gasteiger partial charge in [-0.25, -0.2) is 9.37 Å². The summed E-state index contributed by atoms with van der Waals surface area (Å²) >= 11 is 0. The summed E-state index contributed by atoms with van der Waals surface area (Å²) in [5.41, 5.74) is 2.23. The molecule has 2 aromatic heterocycles. The van der Waals surface area contributed by atoms with Crippen molar-refractivity contribution < 1.29 is 9.13 Å². The maximum Gasteiger partial charge on any atom is 0.225 e. The summed E-state index contributed by atoms with van der Waals surface area (Å²) in [6.45, 7) is 1.71. The van der Waals surface area contributed by atoms with Crippen LogP contribution in [0.1, 0.15) is 6.42 Å². The van der Waals surface area contributed by atoms with E-state index in [2.05, 4.69) is 30.5 Å². The summed E-state index contributed by atoms with van der Waals surface area (Å²) < 4.78 is 19.0. The minimum Gasteiger partial charge on any atom is -0.494 e. The highest BCUT2D eigenvalue weighted by molar-refractivity contribution is 5.67. The first-order valence-corrected chi connectivity index (χ1v) is 9.34. The van der Waals surface area contributed by atoms with Gasteiger partial charge in [-0.1, -0.05) is 0 Å². The Balaban J connectivity index is 1.84. The quantitative estimate of drug-likeness (QED) is 0.533. The molecule has 8 heteroatoms. The number of benzene rings is 1. The Kier molecular flexibility index (Phi) is 6.91. The maximum absolute atomic E-state index is 14.0. The lowest BCUT2D eigenvalue weighted by Gasteiger charge is -2.13. The van der Waals surface area contributed by atoms with Crippen molar-refractivity contribution in [2.45, 2.75) is 6.42 Å². The van der Waals surface area contributed by atoms with Crippen molar-refractivity contribution in [1.82, 2.24) is 19.9 Å². The van der Waals surface area contributed by atoms with E-state index in [9.17, 15) is 4.39 Å². The third kappa shape index (κ3) is 5.86. The van der Waals surface area contributed by atoms with Crippen molar-refractivity contribution >= 4 is 17.5 Å². The van der Waals surface area contributed by atoms with Gasteiger partial charge in [-0.2, -0.15) is 4.98 Å². The van der Waals surface area contributed by atoms with Crippen LogP contribution in [-0.4, -0.2) is 54.1 Å². The molecule has 0 aliphatic heterocycles. The molecule has 0 atom stereocenters. The van der Waals surface area contributed by atoms with Gasteiger partial charge in [-0.05, 0) is 51.3 Å². The Morgan fingerprint density at radius 1 is 1.07 bits per heavy atom. The van der Waals surface area contributed by atoms with Crippen LogP contribution in [0.4, 0.5) is 21.8 Å². The van der Waals surface area contributed by atoms with Gasteiger partial charge in [0.2, 0.25) is 5.95 Å². The van der Waals surface area contributed by atoms with E-state index < -0.39 is 5.82 Å². The predicted molar refractivity (Wildman–Crippen MR) is 113 cm³/mol. The Morgan fingerprint density at radius 2 is 1.86 bits per heavy atom. The molecule has 0 aliphatic carbocycles. The van der Waals surface area contributed by atoms with E-state index in [4.69, 9.17) is 4.74 Å². The Morgan fingerprint density at radius 3 is 2.55 bits per heavy atom. The number of hydrogen-bond donors (Lipinski definition) is 2. The summed E-state index contributed by atoms with van der Waals surface area (Å²) in [6.07, 6.45) is 4.39. The van der Waals surface area contributed by atoms with Gasteiger partial charge in [-0.15, -0.1) is 0 Å². The molecule has 2 heterocycles. The van der Waals surface area contributed by atoms with Crippen LogP contribution < -0.4 is 15.4 Å². The van der Waals surface area contributed by atoms with E-state index in [-0.39, 0.29) is 5.75 Å². The molecular formula is C21H25FN6O. The molecule has 0 spiro atoms. The van der Waals surface area contributed by atoms with E-state index >= 15 is 0 Å². The topological polar surface area (TPSA) is 75.2 Å². The molecule has 3 rings (SSSR count). The lowest BCUT2D eigenvalue weighted by molar-refractivity contribution is 0.386. The second-order valence-electron chi connectivity index (χ2n) is 6.76. The van der Waals surface area contributed by atoms with Gasteiger partial charge in [0.15, 0.2) is 11.6 Å². The Bertz CT molecular complexity index is 936. The molecule has 0 saturated heterocycles. The van der Waals surface area contributed by atoms with Gasteiger partial charge in [0, 0.05) is 42.3 Å². The molecule has 152 valence electrons. The second-order valence-corrected chi connectivity index (χ2v) is 6.76. The van der Waals surface area contributed by atoms with Crippen molar-refractivity contribution in [3.05, 3.63) is 54.6 Å². The summed E-state index contributed by atoms with van der Waals surface area (Å²) in [7, 11) is 5.51. The lowest BCUT2D eigenvalue weighted by atomic mass is 10.2. The fourth-order valence-electron chi connectivity index (χ4n) is 2.75. The number of anilines is 3. The highest BCUT2D eigenvalue weighted by Gasteiger charge is 2.09. The lowest BCUT2D eigenvalue weighted by Crippen LogP contribution is -2.17. The van der Waals surface area contributed by atoms with Crippen LogP contribution in [0, 0.1) is 5.82 Å². The molecule has 2 N–H and O–H groups in total. The number of methoxy groups -OCH3 is 1. The van der Waals surface area contributed by atoms with Crippen LogP contribution in [0.3, 0.4) is 0 Å². The number of hydrogen-bond acceptors (Lipinski definition) is 7. The standard InChI is InChI=1S/C21H25FN6O/c1-28(2)12-4-9-24-21-26-18(15-7-10-23-11-8-15)14-20(27-21)25-16-5-6-19(29-3)17(22)13-16/h5-8,10-11,13-14H,4,9,12H2,1-3H3,(H2,24,25,26,27). The van der Waals surface area contributed by atoms with Crippen molar-refractivity contribution in [2.24, 2.45) is 0 Å². The van der Waals surface area contributed by atoms with Gasteiger partial charge >= 0.3 is 0 Å². The number of nitrogens with zero attached hydrogens (tertiary/aromatic N) is 4. The molecule has 0 unspecified atom stereocenters. The third-order valence-corrected chi connectivity index (χ3v) is 4.19. The van der Waals surface area contributed by atoms with Crippen LogP contribution in [0.15, 0.2) is 48.8 Å². The first kappa shape index (κ1) is 20.5. The van der Waals surface area contributed by atoms with Crippen LogP contribution in [-0.2, 0) is 0 Å². The molecule has 0 radical (unpaired) electrons. The molecule has 1 aromatic carbocycles. The van der Waals surface area contributed by atoms with Crippen LogP contribution in [0.2, 0.25) is 0 Å². The summed E-state index contributed by atoms with van der Waals surface area (Å²) in [4.78, 5) is 15.3. The summed E-state index contributed by atoms with van der Waals surface area (Å²) in [6, 6.07) is 10.3. The van der Waals surface area contributed by atoms with E-state index in [0.29, 0.717) is 17.5 Å². The smallest absolute Gasteiger partial charge is 0.225 e. The van der Waals surface area contributed by atoms with Crippen LogP contribution in [0.5, 0.6) is 5.75 Å². The maximum atomic E-state index is 14.0. The SMILES string of the molecule is COc1ccc(Nc2cc(-c3ccncc3)nc(NCCCN(C)C)n2)cc1F. The van der Waals surface area contributed by atoms with E-state index in [1.807, 2.05) is 32.3 Å². The van der Waals surface area contributed by atoms with E-state index in [1.54, 1.807) is 24.5 Å². The van der Waals surface area contributed by atoms with Crippen molar-refractivity contribution in [1.29, 1.82) is 0 Å². The molecular weight excluding hydrogens is 371 g/mol. The summed E-state index contributed by atoms with van der Waals surface area (Å²) in [5, 5.41) is 6.41. The first-order valence-electron chi connectivity index (χ1n) is 9.34. The van der Waals surface area contributed by atoms with Crippen molar-refractivity contribution in [3.63, 3.8) is 0 Å². The Hall–Kier alpha value is -3.26. The van der Waals surface area contributed by atoms with Crippen LogP contribution >= 0.6 is 0 Å². The zero-order valence-electron chi connectivity index (χ0n) is 16.8. The van der Waals surface area contributed by atoms with Crippen molar-refractivity contribution in [3.8, 4) is 17.0 Å². The molecule has 7 nitrogen and oxygen atoms in total. The number of rotatable bonds is 9. The summed E-state index contributed by atoms with van der Waals surface area (Å²) in [5.74, 6) is 0.822. The van der Waals surface area contributed by atoms with Gasteiger partial charge in [0.1, 0.15) is 5.82 Å². The second kappa shape index (κ2) is 9.79. The van der Waals surface area contributed by atoms with Gasteiger partial charge in [0.25, 0.3) is 0 Å². The zero-order chi connectivity index (χ0) is 20.6. The Labute approximate surface area is 170 Å². The normalized spacial score (nSPS) is 10.8. The number of pyridine rings is 1. The monoisotopic (exact) mass is 396 g/mol. The minimum absolute atomic E-state index is 0.193. The molecule has 0 saturated carbocycles.